The van der Waals surface area contributed by atoms with E-state index in [2.05, 4.69) is 5.32 Å². The normalized spacial score (nSPS) is 12.5. The lowest BCUT2D eigenvalue weighted by Gasteiger charge is -2.17. The second-order valence-corrected chi connectivity index (χ2v) is 5.44. The Kier molecular flexibility index (Phi) is 8.41. The third-order valence-electron chi connectivity index (χ3n) is 2.74. The molecular formula is C15H22ClF3N2O2. The first-order valence-corrected chi connectivity index (χ1v) is 6.98. The van der Waals surface area contributed by atoms with Crippen LogP contribution in [0.15, 0.2) is 18.2 Å². The Balaban J connectivity index is 0.00000484. The number of benzene rings is 1. The summed E-state index contributed by atoms with van der Waals surface area (Å²) in [5.41, 5.74) is 4.64. The highest BCUT2D eigenvalue weighted by molar-refractivity contribution is 5.85. The molecule has 1 atom stereocenters. The number of rotatable bonds is 6. The Morgan fingerprint density at radius 1 is 1.30 bits per heavy atom. The van der Waals surface area contributed by atoms with E-state index in [4.69, 9.17) is 10.5 Å². The molecule has 8 heteroatoms. The van der Waals surface area contributed by atoms with Gasteiger partial charge in [-0.25, -0.2) is 0 Å². The number of halogens is 4. The van der Waals surface area contributed by atoms with Crippen LogP contribution >= 0.6 is 12.4 Å². The van der Waals surface area contributed by atoms with Gasteiger partial charge in [0.1, 0.15) is 5.75 Å². The van der Waals surface area contributed by atoms with Gasteiger partial charge in [-0.1, -0.05) is 6.07 Å². The van der Waals surface area contributed by atoms with Crippen LogP contribution in [0.1, 0.15) is 38.3 Å². The third kappa shape index (κ3) is 7.56. The highest BCUT2D eigenvalue weighted by Gasteiger charge is 2.33. The standard InChI is InChI=1S/C15H21F3N2O2.ClH/c1-9(2)22-12-5-4-11(13(7-12)15(16,17)18)8-20-14(21)6-10(3)19;/h4-5,7,9-10H,6,8,19H2,1-3H3,(H,20,21);1H. The van der Waals surface area contributed by atoms with Gasteiger partial charge in [0, 0.05) is 19.0 Å². The molecule has 1 amide bonds. The molecule has 0 aliphatic rings. The van der Waals surface area contributed by atoms with Crippen LogP contribution in [0.5, 0.6) is 5.75 Å². The second-order valence-electron chi connectivity index (χ2n) is 5.44. The van der Waals surface area contributed by atoms with Crippen molar-refractivity contribution in [2.24, 2.45) is 5.73 Å². The number of ether oxygens (including phenoxy) is 1. The molecule has 1 aromatic carbocycles. The number of carbonyl (C=O) groups excluding carboxylic acids is 1. The predicted molar refractivity (Wildman–Crippen MR) is 84.6 cm³/mol. The van der Waals surface area contributed by atoms with Gasteiger partial charge >= 0.3 is 6.18 Å². The second kappa shape index (κ2) is 8.98. The molecule has 132 valence electrons. The van der Waals surface area contributed by atoms with E-state index in [1.54, 1.807) is 20.8 Å². The maximum absolute atomic E-state index is 13.1. The molecule has 1 rings (SSSR count). The van der Waals surface area contributed by atoms with Gasteiger partial charge in [0.25, 0.3) is 0 Å². The molecule has 0 aromatic heterocycles. The van der Waals surface area contributed by atoms with Crippen LogP contribution in [0.4, 0.5) is 13.2 Å². The van der Waals surface area contributed by atoms with E-state index >= 15 is 0 Å². The van der Waals surface area contributed by atoms with Gasteiger partial charge in [0.15, 0.2) is 0 Å². The zero-order valence-electron chi connectivity index (χ0n) is 13.2. The van der Waals surface area contributed by atoms with Crippen LogP contribution < -0.4 is 15.8 Å². The van der Waals surface area contributed by atoms with Crippen LogP contribution in [0, 0.1) is 0 Å². The molecular weight excluding hydrogens is 333 g/mol. The topological polar surface area (TPSA) is 64.4 Å². The smallest absolute Gasteiger partial charge is 0.416 e. The lowest BCUT2D eigenvalue weighted by Crippen LogP contribution is -2.30. The van der Waals surface area contributed by atoms with Gasteiger partial charge in [-0.05, 0) is 38.5 Å². The van der Waals surface area contributed by atoms with Crippen molar-refractivity contribution < 1.29 is 22.7 Å². The number of alkyl halides is 3. The average molecular weight is 355 g/mol. The van der Waals surface area contributed by atoms with E-state index in [1.165, 1.54) is 12.1 Å². The van der Waals surface area contributed by atoms with Gasteiger partial charge < -0.3 is 15.8 Å². The van der Waals surface area contributed by atoms with Crippen molar-refractivity contribution in [2.75, 3.05) is 0 Å². The summed E-state index contributed by atoms with van der Waals surface area (Å²) in [6.45, 7) is 4.91. The lowest BCUT2D eigenvalue weighted by atomic mass is 10.1. The van der Waals surface area contributed by atoms with Gasteiger partial charge in [-0.3, -0.25) is 4.79 Å². The van der Waals surface area contributed by atoms with Crippen LogP contribution in [0.3, 0.4) is 0 Å². The Morgan fingerprint density at radius 3 is 2.39 bits per heavy atom. The van der Waals surface area contributed by atoms with Gasteiger partial charge in [0.05, 0.1) is 11.7 Å². The number of hydrogen-bond donors (Lipinski definition) is 2. The summed E-state index contributed by atoms with van der Waals surface area (Å²) in [4.78, 5) is 11.5. The molecule has 0 heterocycles. The fraction of sp³-hybridized carbons (Fsp3) is 0.533. The van der Waals surface area contributed by atoms with Crippen molar-refractivity contribution in [1.29, 1.82) is 0 Å². The van der Waals surface area contributed by atoms with Crippen LogP contribution in [-0.4, -0.2) is 18.1 Å². The SMILES string of the molecule is CC(N)CC(=O)NCc1ccc(OC(C)C)cc1C(F)(F)F.Cl. The zero-order chi connectivity index (χ0) is 16.9. The largest absolute Gasteiger partial charge is 0.491 e. The van der Waals surface area contributed by atoms with E-state index in [-0.39, 0.29) is 54.7 Å². The van der Waals surface area contributed by atoms with Crippen molar-refractivity contribution in [3.63, 3.8) is 0 Å². The van der Waals surface area contributed by atoms with Crippen LogP contribution in [-0.2, 0) is 17.5 Å². The minimum Gasteiger partial charge on any atom is -0.491 e. The highest BCUT2D eigenvalue weighted by atomic mass is 35.5. The molecule has 0 aliphatic carbocycles. The van der Waals surface area contributed by atoms with Crippen LogP contribution in [0.25, 0.3) is 0 Å². The first-order chi connectivity index (χ1) is 10.1. The number of amides is 1. The zero-order valence-corrected chi connectivity index (χ0v) is 14.1. The summed E-state index contributed by atoms with van der Waals surface area (Å²) in [6, 6.07) is 3.38. The predicted octanol–water partition coefficient (Wildman–Crippen LogP) is 3.27. The molecule has 1 aromatic rings. The summed E-state index contributed by atoms with van der Waals surface area (Å²) in [5, 5.41) is 2.44. The first-order valence-electron chi connectivity index (χ1n) is 6.98. The summed E-state index contributed by atoms with van der Waals surface area (Å²) >= 11 is 0. The molecule has 0 bridgehead atoms. The molecule has 0 spiro atoms. The Morgan fingerprint density at radius 2 is 1.91 bits per heavy atom. The molecule has 0 radical (unpaired) electrons. The number of nitrogens with two attached hydrogens (primary N) is 1. The number of carbonyl (C=O) groups is 1. The van der Waals surface area contributed by atoms with Gasteiger partial charge in [-0.2, -0.15) is 13.2 Å². The fourth-order valence-corrected chi connectivity index (χ4v) is 1.88. The number of hydrogen-bond acceptors (Lipinski definition) is 3. The Bertz CT molecular complexity index is 520. The fourth-order valence-electron chi connectivity index (χ4n) is 1.88. The monoisotopic (exact) mass is 354 g/mol. The number of nitrogens with one attached hydrogen (secondary N) is 1. The maximum Gasteiger partial charge on any atom is 0.416 e. The molecule has 0 saturated heterocycles. The van der Waals surface area contributed by atoms with E-state index in [0.717, 1.165) is 6.07 Å². The minimum atomic E-state index is -4.52. The third-order valence-corrected chi connectivity index (χ3v) is 2.74. The quantitative estimate of drug-likeness (QED) is 0.824. The Hall–Kier alpha value is -1.47. The summed E-state index contributed by atoms with van der Waals surface area (Å²) in [5.74, 6) is -0.237. The van der Waals surface area contributed by atoms with Crippen molar-refractivity contribution in [2.45, 2.75) is 52.1 Å². The van der Waals surface area contributed by atoms with Gasteiger partial charge in [0.2, 0.25) is 5.91 Å². The summed E-state index contributed by atoms with van der Waals surface area (Å²) < 4.78 is 44.6. The molecule has 23 heavy (non-hydrogen) atoms. The average Bonchev–Trinajstić information content (AvgIpc) is 2.34. The van der Waals surface area contributed by atoms with Crippen molar-refractivity contribution in [3.8, 4) is 5.75 Å². The molecule has 3 N–H and O–H groups in total. The van der Waals surface area contributed by atoms with E-state index in [0.29, 0.717) is 0 Å². The first kappa shape index (κ1) is 21.5. The molecule has 0 saturated carbocycles. The molecule has 4 nitrogen and oxygen atoms in total. The van der Waals surface area contributed by atoms with E-state index in [9.17, 15) is 18.0 Å². The molecule has 0 aliphatic heterocycles. The van der Waals surface area contributed by atoms with E-state index < -0.39 is 11.7 Å². The minimum absolute atomic E-state index is 0. The van der Waals surface area contributed by atoms with Crippen molar-refractivity contribution in [1.82, 2.24) is 5.32 Å². The molecule has 1 unspecified atom stereocenters. The van der Waals surface area contributed by atoms with Crippen LogP contribution in [0.2, 0.25) is 0 Å². The van der Waals surface area contributed by atoms with Gasteiger partial charge in [-0.15, -0.1) is 12.4 Å². The summed E-state index contributed by atoms with van der Waals surface area (Å²) in [7, 11) is 0. The van der Waals surface area contributed by atoms with Crippen molar-refractivity contribution in [3.05, 3.63) is 29.3 Å². The molecule has 0 fully saturated rings. The van der Waals surface area contributed by atoms with E-state index in [1.807, 2.05) is 0 Å². The van der Waals surface area contributed by atoms with Crippen molar-refractivity contribution >= 4 is 18.3 Å². The highest BCUT2D eigenvalue weighted by Crippen LogP contribution is 2.34. The Labute approximate surface area is 140 Å². The lowest BCUT2D eigenvalue weighted by molar-refractivity contribution is -0.138. The maximum atomic E-state index is 13.1. The summed E-state index contributed by atoms with van der Waals surface area (Å²) in [6.07, 6.45) is -4.68.